The lowest BCUT2D eigenvalue weighted by molar-refractivity contribution is 0.798. The van der Waals surface area contributed by atoms with Gasteiger partial charge in [-0.15, -0.1) is 5.10 Å². The van der Waals surface area contributed by atoms with Gasteiger partial charge in [-0.2, -0.15) is 5.11 Å². The Balaban J connectivity index is 1.83. The Kier molecular flexibility index (Phi) is 4.29. The summed E-state index contributed by atoms with van der Waals surface area (Å²) >= 11 is 12.5. The second kappa shape index (κ2) is 6.74. The summed E-state index contributed by atoms with van der Waals surface area (Å²) in [4.78, 5) is 8.74. The molecule has 0 bridgehead atoms. The van der Waals surface area contributed by atoms with E-state index < -0.39 is 0 Å². The van der Waals surface area contributed by atoms with Crippen molar-refractivity contribution in [1.82, 2.24) is 14.5 Å². The van der Waals surface area contributed by atoms with Crippen LogP contribution in [0.15, 0.2) is 64.4 Å². The molecule has 3 heterocycles. The molecule has 8 heteroatoms. The van der Waals surface area contributed by atoms with Gasteiger partial charge in [-0.3, -0.25) is 4.98 Å². The van der Waals surface area contributed by atoms with Gasteiger partial charge in [0.2, 0.25) is 0 Å². The molecule has 0 aliphatic carbocycles. The fourth-order valence-corrected chi connectivity index (χ4v) is 3.05. The van der Waals surface area contributed by atoms with Crippen LogP contribution >= 0.6 is 23.2 Å². The zero-order valence-electron chi connectivity index (χ0n) is 13.0. The van der Waals surface area contributed by atoms with E-state index in [-0.39, 0.29) is 0 Å². The van der Waals surface area contributed by atoms with Crippen LogP contribution in [-0.2, 0) is 6.54 Å². The maximum Gasteiger partial charge on any atom is 0.142 e. The average Bonchev–Trinajstić information content (AvgIpc) is 3.28. The van der Waals surface area contributed by atoms with Gasteiger partial charge in [-0.25, -0.2) is 4.98 Å². The third-order valence-electron chi connectivity index (χ3n) is 3.86. The van der Waals surface area contributed by atoms with E-state index in [4.69, 9.17) is 23.2 Å². The molecule has 6 nitrogen and oxygen atoms in total. The number of aromatic nitrogens is 3. The fourth-order valence-electron chi connectivity index (χ4n) is 2.67. The van der Waals surface area contributed by atoms with Crippen molar-refractivity contribution in [2.75, 3.05) is 6.54 Å². The monoisotopic (exact) mass is 370 g/mol. The number of pyridine rings is 1. The molecular weight excluding hydrogens is 359 g/mol. The van der Waals surface area contributed by atoms with Crippen LogP contribution in [0.1, 0.15) is 11.3 Å². The summed E-state index contributed by atoms with van der Waals surface area (Å²) in [5, 5.41) is 13.0. The molecule has 0 N–H and O–H groups in total. The molecule has 2 aromatic heterocycles. The van der Waals surface area contributed by atoms with Crippen LogP contribution in [0.25, 0.3) is 11.4 Å². The predicted molar refractivity (Wildman–Crippen MR) is 97.3 cm³/mol. The van der Waals surface area contributed by atoms with Crippen LogP contribution in [0.4, 0.5) is 0 Å². The van der Waals surface area contributed by atoms with Crippen molar-refractivity contribution < 1.29 is 0 Å². The first-order chi connectivity index (χ1) is 12.2. The zero-order chi connectivity index (χ0) is 17.2. The molecular formula is C17H12Cl2N6. The molecule has 25 heavy (non-hydrogen) atoms. The molecule has 0 saturated carbocycles. The van der Waals surface area contributed by atoms with Crippen molar-refractivity contribution >= 4 is 28.9 Å². The topological polar surface area (TPSA) is 67.8 Å². The molecule has 0 saturated heterocycles. The van der Waals surface area contributed by atoms with Gasteiger partial charge in [-0.1, -0.05) is 23.2 Å². The zero-order valence-corrected chi connectivity index (χ0v) is 14.5. The van der Waals surface area contributed by atoms with Crippen molar-refractivity contribution in [3.05, 3.63) is 70.2 Å². The number of imidazole rings is 1. The third kappa shape index (κ3) is 3.18. The van der Waals surface area contributed by atoms with Crippen molar-refractivity contribution in [3.63, 3.8) is 0 Å². The summed E-state index contributed by atoms with van der Waals surface area (Å²) in [5.74, 6) is 0.772. The summed E-state index contributed by atoms with van der Waals surface area (Å²) in [6.07, 6.45) is 5.27. The summed E-state index contributed by atoms with van der Waals surface area (Å²) < 4.78 is 2.03. The molecule has 0 atom stereocenters. The lowest BCUT2D eigenvalue weighted by Crippen LogP contribution is -2.13. The molecule has 0 radical (unpaired) electrons. The summed E-state index contributed by atoms with van der Waals surface area (Å²) in [6, 6.07) is 9.24. The van der Waals surface area contributed by atoms with Gasteiger partial charge in [0.15, 0.2) is 0 Å². The molecule has 0 amide bonds. The van der Waals surface area contributed by atoms with Gasteiger partial charge in [0, 0.05) is 28.0 Å². The Hall–Kier alpha value is -2.57. The molecule has 4 rings (SSSR count). The summed E-state index contributed by atoms with van der Waals surface area (Å²) in [7, 11) is 0. The third-order valence-corrected chi connectivity index (χ3v) is 4.46. The summed E-state index contributed by atoms with van der Waals surface area (Å²) in [5.41, 5.74) is 3.41. The van der Waals surface area contributed by atoms with Crippen LogP contribution in [0.2, 0.25) is 10.0 Å². The smallest absolute Gasteiger partial charge is 0.142 e. The molecule has 0 unspecified atom stereocenters. The van der Waals surface area contributed by atoms with Crippen LogP contribution in [-0.4, -0.2) is 26.8 Å². The fraction of sp³-hybridized carbons (Fsp3) is 0.118. The van der Waals surface area contributed by atoms with E-state index >= 15 is 0 Å². The van der Waals surface area contributed by atoms with Gasteiger partial charge < -0.3 is 4.57 Å². The highest BCUT2D eigenvalue weighted by atomic mass is 35.5. The lowest BCUT2D eigenvalue weighted by atomic mass is 10.2. The summed E-state index contributed by atoms with van der Waals surface area (Å²) in [6.45, 7) is 0.930. The molecule has 0 fully saturated rings. The van der Waals surface area contributed by atoms with Crippen LogP contribution in [0, 0.1) is 0 Å². The van der Waals surface area contributed by atoms with Crippen LogP contribution in [0.3, 0.4) is 0 Å². The minimum Gasteiger partial charge on any atom is -0.318 e. The second-order valence-electron chi connectivity index (χ2n) is 5.47. The van der Waals surface area contributed by atoms with Gasteiger partial charge >= 0.3 is 0 Å². The number of hydrogen-bond donors (Lipinski definition) is 0. The molecule has 1 aliphatic rings. The molecule has 0 spiro atoms. The first-order valence-electron chi connectivity index (χ1n) is 7.56. The van der Waals surface area contributed by atoms with Gasteiger partial charge in [0.05, 0.1) is 18.4 Å². The quantitative estimate of drug-likeness (QED) is 0.679. The van der Waals surface area contributed by atoms with Crippen molar-refractivity contribution in [3.8, 4) is 11.4 Å². The van der Waals surface area contributed by atoms with E-state index in [2.05, 4.69) is 25.4 Å². The van der Waals surface area contributed by atoms with Crippen molar-refractivity contribution in [2.24, 2.45) is 15.4 Å². The molecule has 3 aromatic rings. The highest BCUT2D eigenvalue weighted by Crippen LogP contribution is 2.26. The Morgan fingerprint density at radius 3 is 2.80 bits per heavy atom. The Morgan fingerprint density at radius 1 is 1.12 bits per heavy atom. The predicted octanol–water partition coefficient (Wildman–Crippen LogP) is 4.47. The maximum absolute atomic E-state index is 6.35. The van der Waals surface area contributed by atoms with E-state index in [9.17, 15) is 0 Å². The van der Waals surface area contributed by atoms with Crippen molar-refractivity contribution in [1.29, 1.82) is 0 Å². The standard InChI is InChI=1S/C17H12Cl2N6/c18-13-3-4-14(19)12(6-13)10-25-16(15-8-22-24-23-15)9-21-17(25)11-2-1-5-20-7-11/h1-7,9H,8,10H2. The largest absolute Gasteiger partial charge is 0.318 e. The van der Waals surface area contributed by atoms with Gasteiger partial charge in [0.1, 0.15) is 18.1 Å². The maximum atomic E-state index is 6.35. The number of benzene rings is 1. The Bertz CT molecular complexity index is 978. The van der Waals surface area contributed by atoms with E-state index in [0.717, 1.165) is 28.4 Å². The van der Waals surface area contributed by atoms with Crippen LogP contribution < -0.4 is 0 Å². The Labute approximate surface area is 153 Å². The molecule has 1 aliphatic heterocycles. The first-order valence-corrected chi connectivity index (χ1v) is 8.31. The van der Waals surface area contributed by atoms with Gasteiger partial charge in [0.25, 0.3) is 0 Å². The number of rotatable bonds is 4. The van der Waals surface area contributed by atoms with E-state index in [1.54, 1.807) is 30.7 Å². The number of nitrogens with zero attached hydrogens (tertiary/aromatic N) is 6. The Morgan fingerprint density at radius 2 is 2.04 bits per heavy atom. The van der Waals surface area contributed by atoms with E-state index in [1.807, 2.05) is 22.8 Å². The molecule has 124 valence electrons. The van der Waals surface area contributed by atoms with E-state index in [0.29, 0.717) is 23.1 Å². The van der Waals surface area contributed by atoms with Crippen LogP contribution in [0.5, 0.6) is 0 Å². The van der Waals surface area contributed by atoms with Gasteiger partial charge in [-0.05, 0) is 41.1 Å². The minimum atomic E-state index is 0.432. The normalized spacial score (nSPS) is 13.3. The average molecular weight is 371 g/mol. The second-order valence-corrected chi connectivity index (χ2v) is 6.31. The highest BCUT2D eigenvalue weighted by Gasteiger charge is 2.19. The van der Waals surface area contributed by atoms with E-state index in [1.165, 1.54) is 0 Å². The SMILES string of the molecule is Clc1ccc(Cl)c(Cn2c(C3=NN=NC3)cnc2-c2cccnc2)c1. The lowest BCUT2D eigenvalue weighted by Gasteiger charge is -2.13. The highest BCUT2D eigenvalue weighted by molar-refractivity contribution is 6.33. The first kappa shape index (κ1) is 15.9. The number of halogens is 2. The minimum absolute atomic E-state index is 0.432. The molecule has 1 aromatic carbocycles. The van der Waals surface area contributed by atoms with Crippen molar-refractivity contribution in [2.45, 2.75) is 6.54 Å². The number of hydrogen-bond acceptors (Lipinski definition) is 5.